The molecule has 0 unspecified atom stereocenters. The van der Waals surface area contributed by atoms with E-state index in [-0.39, 0.29) is 55.3 Å². The van der Waals surface area contributed by atoms with Crippen molar-refractivity contribution >= 4 is 86.8 Å². The number of aromatic nitrogens is 7. The number of ether oxygens (including phenoxy) is 1. The van der Waals surface area contributed by atoms with Crippen LogP contribution < -0.4 is 53.0 Å². The van der Waals surface area contributed by atoms with Crippen LogP contribution >= 0.6 is 0 Å². The summed E-state index contributed by atoms with van der Waals surface area (Å²) in [6.45, 7) is 4.02. The van der Waals surface area contributed by atoms with Crippen LogP contribution in [0.4, 0.5) is 8.78 Å². The van der Waals surface area contributed by atoms with Gasteiger partial charge in [0.2, 0.25) is 59.1 Å². The van der Waals surface area contributed by atoms with Gasteiger partial charge in [0.1, 0.15) is 71.3 Å². The monoisotopic (exact) mass is 1380 g/mol. The average molecular weight is 1380 g/mol. The van der Waals surface area contributed by atoms with Gasteiger partial charge in [-0.1, -0.05) is 29.5 Å². The number of rotatable bonds is 13. The molecule has 9 atom stereocenters. The first-order chi connectivity index (χ1) is 47.8. The molecule has 0 radical (unpaired) electrons. The van der Waals surface area contributed by atoms with Crippen LogP contribution in [0.5, 0.6) is 5.75 Å². The van der Waals surface area contributed by atoms with Crippen molar-refractivity contribution in [2.24, 2.45) is 5.73 Å². The number of imidazole rings is 1. The maximum absolute atomic E-state index is 15.3. The van der Waals surface area contributed by atoms with Crippen LogP contribution in [0.1, 0.15) is 80.1 Å². The largest absolute Gasteiger partial charge is 0.497 e. The molecule has 4 aromatic carbocycles. The van der Waals surface area contributed by atoms with Crippen LogP contribution in [0.15, 0.2) is 116 Å². The molecule has 4 aromatic heterocycles. The standard InChI is InChI=1S/C68H75F2N17O13/c1-35-60(92)78-53(24-39-30-73-49-17-10-41(69)26-47(39)49)62(94)79-54(25-40-31-74-50-18-11-42(70)27-48(40)50)63(95)81-56(29-58(89)90)65(97)80-55(28-44-32-72-34-75-44)64(96)82-57(23-38-8-15-46(100-4)16-9-38)66(98)86-21-5-20-68(86,3)67(99)83-52(59(71)91)22-37-6-13-45(14-7-37)87-33-43(84-85-87)12-19-51(61(93)76-35)77-36(2)88/h6-11,13-18,26-27,30-35,51-57,73-74H,5,12,19-25,28-29H2,1-4H3,(H2,71,91)(H,72,75)(H,76,93)(H,77,88)(H,78,92)(H,79,94)(H,80,97)(H,81,95)(H,82,96)(H,83,99)(H,89,90)/t35-,51+,52-,53-,54-,55-,56-,57-,68-/m0/s1. The van der Waals surface area contributed by atoms with Gasteiger partial charge in [0, 0.05) is 86.0 Å². The number of nitrogens with two attached hydrogens (primary N) is 1. The van der Waals surface area contributed by atoms with Gasteiger partial charge >= 0.3 is 5.97 Å². The molecule has 8 aromatic rings. The Morgan fingerprint density at radius 1 is 0.700 bits per heavy atom. The molecule has 0 aliphatic carbocycles. The Hall–Kier alpha value is -11.9. The molecule has 1 saturated heterocycles. The summed E-state index contributed by atoms with van der Waals surface area (Å²) in [5.74, 6) is -11.7. The fourth-order valence-electron chi connectivity index (χ4n) is 12.3. The van der Waals surface area contributed by atoms with Gasteiger partial charge in [0.15, 0.2) is 0 Å². The molecular weight excluding hydrogens is 1300 g/mol. The lowest BCUT2D eigenvalue weighted by Crippen LogP contribution is -2.63. The third-order valence-electron chi connectivity index (χ3n) is 17.8. The van der Waals surface area contributed by atoms with Crippen molar-refractivity contribution in [3.05, 3.63) is 161 Å². The number of fused-ring (bicyclic) bond motifs is 28. The molecule has 0 spiro atoms. The Morgan fingerprint density at radius 3 is 1.85 bits per heavy atom. The minimum Gasteiger partial charge on any atom is -0.497 e. The van der Waals surface area contributed by atoms with Gasteiger partial charge in [-0.05, 0) is 122 Å². The van der Waals surface area contributed by atoms with E-state index in [1.807, 2.05) is 0 Å². The number of carbonyl (C=O) groups is 11. The number of amides is 10. The number of nitrogens with one attached hydrogen (secondary N) is 11. The maximum Gasteiger partial charge on any atom is 0.305 e. The highest BCUT2D eigenvalue weighted by Gasteiger charge is 2.49. The number of aromatic amines is 3. The smallest absolute Gasteiger partial charge is 0.305 e. The highest BCUT2D eigenvalue weighted by molar-refractivity contribution is 6.01. The van der Waals surface area contributed by atoms with Crippen molar-refractivity contribution in [3.63, 3.8) is 0 Å². The number of aryl methyl sites for hydroxylation is 1. The number of hydrogen-bond donors (Lipinski definition) is 13. The van der Waals surface area contributed by atoms with Crippen LogP contribution in [0.3, 0.4) is 0 Å². The first-order valence-corrected chi connectivity index (χ1v) is 32.2. The maximum atomic E-state index is 15.3. The minimum absolute atomic E-state index is 0.0120. The van der Waals surface area contributed by atoms with Crippen molar-refractivity contribution < 1.29 is 71.4 Å². The molecule has 32 heteroatoms. The molecule has 0 saturated carbocycles. The van der Waals surface area contributed by atoms with Gasteiger partial charge in [0.25, 0.3) is 0 Å². The molecule has 30 nitrogen and oxygen atoms in total. The van der Waals surface area contributed by atoms with E-state index in [0.717, 1.165) is 6.07 Å². The van der Waals surface area contributed by atoms with E-state index < -0.39 is 156 Å². The second-order valence-electron chi connectivity index (χ2n) is 25.0. The van der Waals surface area contributed by atoms with Gasteiger partial charge in [0.05, 0.1) is 43.1 Å². The second kappa shape index (κ2) is 31.1. The molecule has 4 bridgehead atoms. The summed E-state index contributed by atoms with van der Waals surface area (Å²) >= 11 is 0. The van der Waals surface area contributed by atoms with E-state index in [4.69, 9.17) is 10.5 Å². The lowest BCUT2D eigenvalue weighted by atomic mass is 9.94. The number of nitrogens with zero attached hydrogens (tertiary/aromatic N) is 5. The summed E-state index contributed by atoms with van der Waals surface area (Å²) in [4.78, 5) is 171. The Morgan fingerprint density at radius 2 is 1.28 bits per heavy atom. The second-order valence-corrected chi connectivity index (χ2v) is 25.0. The normalized spacial score (nSPS) is 22.8. The average Bonchev–Trinajstić information content (AvgIpc) is 1.57. The molecule has 3 aliphatic heterocycles. The van der Waals surface area contributed by atoms with Crippen LogP contribution in [-0.4, -0.2) is 178 Å². The van der Waals surface area contributed by atoms with E-state index >= 15 is 19.2 Å². The van der Waals surface area contributed by atoms with Crippen molar-refractivity contribution in [2.75, 3.05) is 13.7 Å². The number of methoxy groups -OCH3 is 1. The van der Waals surface area contributed by atoms with Gasteiger partial charge in [-0.3, -0.25) is 52.7 Å². The molecule has 10 amide bonds. The third kappa shape index (κ3) is 17.3. The van der Waals surface area contributed by atoms with Gasteiger partial charge < -0.3 is 78.0 Å². The number of halogens is 2. The Bertz CT molecular complexity index is 4390. The van der Waals surface area contributed by atoms with Crippen LogP contribution in [0, 0.1) is 11.6 Å². The number of primary amides is 1. The van der Waals surface area contributed by atoms with Crippen molar-refractivity contribution in [3.8, 4) is 11.4 Å². The van der Waals surface area contributed by atoms with Gasteiger partial charge in [-0.25, -0.2) is 18.4 Å². The predicted molar refractivity (Wildman–Crippen MR) is 354 cm³/mol. The van der Waals surface area contributed by atoms with Crippen LogP contribution in [0.25, 0.3) is 27.5 Å². The quantitative estimate of drug-likeness (QED) is 0.0715. The first kappa shape index (κ1) is 70.9. The minimum atomic E-state index is -2.05. The Balaban J connectivity index is 1.02. The van der Waals surface area contributed by atoms with Crippen LogP contribution in [0.2, 0.25) is 0 Å². The van der Waals surface area contributed by atoms with Crippen molar-refractivity contribution in [1.29, 1.82) is 0 Å². The molecule has 3 aliphatic rings. The summed E-state index contributed by atoms with van der Waals surface area (Å²) in [6, 6.07) is 8.15. The molecule has 14 N–H and O–H groups in total. The van der Waals surface area contributed by atoms with Crippen molar-refractivity contribution in [2.45, 2.75) is 139 Å². The summed E-state index contributed by atoms with van der Waals surface area (Å²) < 4.78 is 36.7. The first-order valence-electron chi connectivity index (χ1n) is 32.2. The summed E-state index contributed by atoms with van der Waals surface area (Å²) in [6.07, 6.45) is 4.92. The Labute approximate surface area is 569 Å². The molecule has 1 fully saturated rings. The summed E-state index contributed by atoms with van der Waals surface area (Å²) in [5.41, 5.74) is 7.84. The lowest BCUT2D eigenvalue weighted by Gasteiger charge is -2.37. The third-order valence-corrected chi connectivity index (χ3v) is 17.8. The van der Waals surface area contributed by atoms with E-state index in [9.17, 15) is 47.4 Å². The predicted octanol–water partition coefficient (Wildman–Crippen LogP) is 0.959. The number of benzene rings is 4. The van der Waals surface area contributed by atoms with Crippen LogP contribution in [-0.2, 0) is 91.3 Å². The molecule has 7 heterocycles. The number of carboxylic acids is 1. The SMILES string of the molecule is COc1ccc(C[C@@H]2NC(=O)[C@H](Cc3c[nH]cn3)NC(=O)[C@H](CC(=O)O)NC(=O)[C@H](Cc3c[nH]c4ccc(F)cc34)NC(=O)[C@H](Cc3c[nH]c4ccc(F)cc34)NC(=O)[C@H](C)NC(=O)[C@H](NC(C)=O)CCc3cn(nn3)-c3ccc(cc3)C[C@@H](C(N)=O)NC(=O)[C@]3(C)CCCN3C2=O)cc1. The topological polar surface area (TPSA) is 434 Å². The summed E-state index contributed by atoms with van der Waals surface area (Å²) in [7, 11) is 1.46. The zero-order valence-corrected chi connectivity index (χ0v) is 54.8. The molecule has 11 rings (SSSR count). The fraction of sp³-hybridized carbons (Fsp3) is 0.353. The van der Waals surface area contributed by atoms with Crippen molar-refractivity contribution in [1.82, 2.24) is 82.4 Å². The summed E-state index contributed by atoms with van der Waals surface area (Å²) in [5, 5.41) is 40.3. The van der Waals surface area contributed by atoms with E-state index in [0.29, 0.717) is 56.7 Å². The fourth-order valence-corrected chi connectivity index (χ4v) is 12.3. The number of aliphatic carboxylic acids is 1. The number of hydrogen-bond acceptors (Lipinski definition) is 15. The van der Waals surface area contributed by atoms with Gasteiger partial charge in [-0.15, -0.1) is 5.10 Å². The zero-order chi connectivity index (χ0) is 71.5. The molecule has 100 heavy (non-hydrogen) atoms. The number of carboxylic acid groups (broad SMARTS) is 1. The number of carbonyl (C=O) groups excluding carboxylic acids is 10. The zero-order valence-electron chi connectivity index (χ0n) is 54.8. The van der Waals surface area contributed by atoms with E-state index in [1.165, 1.54) is 92.7 Å². The van der Waals surface area contributed by atoms with E-state index in [1.54, 1.807) is 54.7 Å². The van der Waals surface area contributed by atoms with Gasteiger partial charge in [-0.2, -0.15) is 0 Å². The molecular formula is C68H75F2N17O13. The lowest BCUT2D eigenvalue weighted by molar-refractivity contribution is -0.147. The van der Waals surface area contributed by atoms with E-state index in [2.05, 4.69) is 72.8 Å². The Kier molecular flexibility index (Phi) is 22.1. The highest BCUT2D eigenvalue weighted by atomic mass is 19.1. The molecule has 524 valence electrons. The highest BCUT2D eigenvalue weighted by Crippen LogP contribution is 2.32. The number of H-pyrrole nitrogens is 3.